The van der Waals surface area contributed by atoms with Crippen molar-refractivity contribution in [2.24, 2.45) is 5.92 Å². The van der Waals surface area contributed by atoms with Crippen LogP contribution in [0, 0.1) is 5.92 Å². The van der Waals surface area contributed by atoms with Crippen molar-refractivity contribution in [2.75, 3.05) is 24.7 Å². The molecule has 3 rings (SSSR count). The minimum Gasteiger partial charge on any atom is -0.483 e. The van der Waals surface area contributed by atoms with Crippen LogP contribution in [0.3, 0.4) is 0 Å². The van der Waals surface area contributed by atoms with Crippen molar-refractivity contribution in [1.29, 1.82) is 0 Å². The number of rotatable bonds is 6. The van der Waals surface area contributed by atoms with Crippen LogP contribution in [-0.4, -0.2) is 49.9 Å². The first-order valence-corrected chi connectivity index (χ1v) is 11.3. The zero-order valence-electron chi connectivity index (χ0n) is 15.5. The summed E-state index contributed by atoms with van der Waals surface area (Å²) in [7, 11) is -3.06. The quantitative estimate of drug-likeness (QED) is 0.731. The van der Waals surface area contributed by atoms with Crippen molar-refractivity contribution in [3.63, 3.8) is 0 Å². The first-order chi connectivity index (χ1) is 12.8. The lowest BCUT2D eigenvalue weighted by Crippen LogP contribution is -2.45. The van der Waals surface area contributed by atoms with Crippen LogP contribution in [0.25, 0.3) is 10.8 Å². The largest absolute Gasteiger partial charge is 0.483 e. The summed E-state index contributed by atoms with van der Waals surface area (Å²) in [6, 6.07) is 10.8. The zero-order chi connectivity index (χ0) is 19.6. The Hall–Kier alpha value is -1.79. The highest BCUT2D eigenvalue weighted by molar-refractivity contribution is 7.91. The van der Waals surface area contributed by atoms with E-state index >= 15 is 0 Å². The molecule has 1 atom stereocenters. The summed E-state index contributed by atoms with van der Waals surface area (Å²) < 4.78 is 29.5. The van der Waals surface area contributed by atoms with Gasteiger partial charge in [-0.05, 0) is 24.5 Å². The molecule has 1 unspecified atom stereocenters. The number of hydrogen-bond acceptors (Lipinski definition) is 4. The molecule has 1 aliphatic rings. The maximum absolute atomic E-state index is 12.8. The third kappa shape index (κ3) is 4.74. The van der Waals surface area contributed by atoms with E-state index in [9.17, 15) is 13.2 Å². The lowest BCUT2D eigenvalue weighted by atomic mass is 10.1. The molecule has 0 N–H and O–H groups in total. The van der Waals surface area contributed by atoms with E-state index in [1.54, 1.807) is 17.0 Å². The van der Waals surface area contributed by atoms with E-state index in [1.165, 1.54) is 0 Å². The highest BCUT2D eigenvalue weighted by Gasteiger charge is 2.35. The van der Waals surface area contributed by atoms with Crippen molar-refractivity contribution in [1.82, 2.24) is 4.90 Å². The number of carbonyl (C=O) groups excluding carboxylic acids is 1. The average molecular weight is 410 g/mol. The molecule has 0 aliphatic carbocycles. The summed E-state index contributed by atoms with van der Waals surface area (Å²) in [5, 5.41) is 2.34. The fourth-order valence-corrected chi connectivity index (χ4v) is 5.41. The SMILES string of the molecule is CC(C)CN(C(=O)COc1ccc(Cl)c2ccccc12)C1CCS(=O)(=O)C1. The Kier molecular flexibility index (Phi) is 5.96. The molecule has 1 saturated heterocycles. The van der Waals surface area contributed by atoms with E-state index in [1.807, 2.05) is 38.1 Å². The van der Waals surface area contributed by atoms with Gasteiger partial charge in [-0.1, -0.05) is 49.7 Å². The van der Waals surface area contributed by atoms with Gasteiger partial charge in [-0.25, -0.2) is 8.42 Å². The summed E-state index contributed by atoms with van der Waals surface area (Å²) in [6.45, 7) is 4.41. The van der Waals surface area contributed by atoms with Gasteiger partial charge in [0.05, 0.1) is 11.5 Å². The monoisotopic (exact) mass is 409 g/mol. The summed E-state index contributed by atoms with van der Waals surface area (Å²) in [5.41, 5.74) is 0. The lowest BCUT2D eigenvalue weighted by Gasteiger charge is -2.30. The molecule has 7 heteroatoms. The van der Waals surface area contributed by atoms with Gasteiger partial charge in [0.15, 0.2) is 16.4 Å². The molecular formula is C20H24ClNO4S. The third-order valence-corrected chi connectivity index (χ3v) is 6.79. The molecule has 5 nitrogen and oxygen atoms in total. The van der Waals surface area contributed by atoms with Gasteiger partial charge in [-0.3, -0.25) is 4.79 Å². The number of nitrogens with zero attached hydrogens (tertiary/aromatic N) is 1. The van der Waals surface area contributed by atoms with E-state index in [0.717, 1.165) is 10.8 Å². The minimum absolute atomic E-state index is 0.0370. The van der Waals surface area contributed by atoms with Crippen LogP contribution in [0.5, 0.6) is 5.75 Å². The fourth-order valence-electron chi connectivity index (χ4n) is 3.45. The van der Waals surface area contributed by atoms with Crippen LogP contribution in [0.15, 0.2) is 36.4 Å². The summed E-state index contributed by atoms with van der Waals surface area (Å²) in [6.07, 6.45) is 0.491. The van der Waals surface area contributed by atoms with Gasteiger partial charge in [0, 0.05) is 28.4 Å². The van der Waals surface area contributed by atoms with Crippen LogP contribution in [0.2, 0.25) is 5.02 Å². The first kappa shape index (κ1) is 20.0. The molecule has 0 bridgehead atoms. The third-order valence-electron chi connectivity index (χ3n) is 4.71. The molecule has 2 aromatic rings. The van der Waals surface area contributed by atoms with E-state index in [-0.39, 0.29) is 36.0 Å². The summed E-state index contributed by atoms with van der Waals surface area (Å²) in [4.78, 5) is 14.5. The number of amides is 1. The van der Waals surface area contributed by atoms with Gasteiger partial charge in [-0.15, -0.1) is 0 Å². The van der Waals surface area contributed by atoms with Crippen LogP contribution in [0.4, 0.5) is 0 Å². The number of ether oxygens (including phenoxy) is 1. The molecule has 1 heterocycles. The van der Waals surface area contributed by atoms with Gasteiger partial charge in [0.25, 0.3) is 5.91 Å². The Balaban J connectivity index is 1.76. The minimum atomic E-state index is -3.06. The van der Waals surface area contributed by atoms with E-state index < -0.39 is 9.84 Å². The summed E-state index contributed by atoms with van der Waals surface area (Å²) in [5.74, 6) is 0.822. The van der Waals surface area contributed by atoms with Crippen molar-refractivity contribution in [2.45, 2.75) is 26.3 Å². The fraction of sp³-hybridized carbons (Fsp3) is 0.450. The standard InChI is InChI=1S/C20H24ClNO4S/c1-14(2)11-22(15-9-10-27(24,25)13-15)20(23)12-26-19-8-7-18(21)16-5-3-4-6-17(16)19/h3-8,14-15H,9-13H2,1-2H3. The Morgan fingerprint density at radius 2 is 1.93 bits per heavy atom. The van der Waals surface area contributed by atoms with E-state index in [4.69, 9.17) is 16.3 Å². The van der Waals surface area contributed by atoms with Gasteiger partial charge in [-0.2, -0.15) is 0 Å². The van der Waals surface area contributed by atoms with Crippen molar-refractivity contribution in [3.8, 4) is 5.75 Å². The Labute approximate surface area is 165 Å². The molecule has 146 valence electrons. The zero-order valence-corrected chi connectivity index (χ0v) is 17.1. The summed E-state index contributed by atoms with van der Waals surface area (Å²) >= 11 is 6.22. The van der Waals surface area contributed by atoms with Crippen LogP contribution >= 0.6 is 11.6 Å². The molecule has 2 aromatic carbocycles. The average Bonchev–Trinajstić information content (AvgIpc) is 2.98. The van der Waals surface area contributed by atoms with Crippen LogP contribution < -0.4 is 4.74 Å². The second kappa shape index (κ2) is 8.07. The molecule has 0 saturated carbocycles. The normalized spacial score (nSPS) is 18.7. The van der Waals surface area contributed by atoms with Gasteiger partial charge < -0.3 is 9.64 Å². The predicted molar refractivity (Wildman–Crippen MR) is 108 cm³/mol. The van der Waals surface area contributed by atoms with Crippen molar-refractivity contribution >= 4 is 38.1 Å². The Morgan fingerprint density at radius 3 is 2.56 bits per heavy atom. The van der Waals surface area contributed by atoms with Gasteiger partial charge >= 0.3 is 0 Å². The predicted octanol–water partition coefficient (Wildman–Crippen LogP) is 3.54. The number of sulfone groups is 1. The van der Waals surface area contributed by atoms with Gasteiger partial charge in [0.1, 0.15) is 5.75 Å². The van der Waals surface area contributed by atoms with Crippen LogP contribution in [-0.2, 0) is 14.6 Å². The topological polar surface area (TPSA) is 63.7 Å². The number of benzene rings is 2. The molecule has 1 amide bonds. The maximum atomic E-state index is 12.8. The second-order valence-corrected chi connectivity index (χ2v) is 10.0. The second-order valence-electron chi connectivity index (χ2n) is 7.38. The molecule has 1 aliphatic heterocycles. The van der Waals surface area contributed by atoms with Crippen molar-refractivity contribution in [3.05, 3.63) is 41.4 Å². The van der Waals surface area contributed by atoms with Crippen LogP contribution in [0.1, 0.15) is 20.3 Å². The molecule has 0 spiro atoms. The molecule has 0 radical (unpaired) electrons. The number of fused-ring (bicyclic) bond motifs is 1. The maximum Gasteiger partial charge on any atom is 0.260 e. The number of halogens is 1. The highest BCUT2D eigenvalue weighted by Crippen LogP contribution is 2.31. The lowest BCUT2D eigenvalue weighted by molar-refractivity contribution is -0.135. The molecule has 0 aromatic heterocycles. The first-order valence-electron chi connectivity index (χ1n) is 9.07. The molecular weight excluding hydrogens is 386 g/mol. The Morgan fingerprint density at radius 1 is 1.22 bits per heavy atom. The molecule has 1 fully saturated rings. The van der Waals surface area contributed by atoms with Crippen molar-refractivity contribution < 1.29 is 17.9 Å². The van der Waals surface area contributed by atoms with E-state index in [2.05, 4.69) is 0 Å². The Bertz CT molecular complexity index is 942. The van der Waals surface area contributed by atoms with Gasteiger partial charge in [0.2, 0.25) is 0 Å². The van der Waals surface area contributed by atoms with E-state index in [0.29, 0.717) is 23.7 Å². The number of hydrogen-bond donors (Lipinski definition) is 0. The molecule has 27 heavy (non-hydrogen) atoms. The highest BCUT2D eigenvalue weighted by atomic mass is 35.5. The smallest absolute Gasteiger partial charge is 0.260 e. The number of carbonyl (C=O) groups is 1.